The van der Waals surface area contributed by atoms with Crippen LogP contribution in [0.5, 0.6) is 0 Å². The molecule has 0 saturated carbocycles. The molecule has 0 aliphatic rings. The van der Waals surface area contributed by atoms with Crippen LogP contribution in [0.1, 0.15) is 18.1 Å². The van der Waals surface area contributed by atoms with Crippen molar-refractivity contribution in [1.82, 2.24) is 0 Å². The van der Waals surface area contributed by atoms with E-state index in [1.807, 2.05) is 54.2 Å². The first-order chi connectivity index (χ1) is 9.28. The molecule has 0 aliphatic heterocycles. The van der Waals surface area contributed by atoms with Gasteiger partial charge in [0.05, 0.1) is 6.61 Å². The fraction of sp³-hybridized carbons (Fsp3) is 0.250. The minimum absolute atomic E-state index is 0.205. The minimum Gasteiger partial charge on any atom is -0.461 e. The van der Waals surface area contributed by atoms with E-state index in [1.165, 1.54) is 11.1 Å². The van der Waals surface area contributed by atoms with Gasteiger partial charge in [0.25, 0.3) is 0 Å². The van der Waals surface area contributed by atoms with Crippen LogP contribution in [-0.4, -0.2) is 12.6 Å². The first-order valence-corrected chi connectivity index (χ1v) is 6.45. The van der Waals surface area contributed by atoms with Crippen LogP contribution in [0.2, 0.25) is 0 Å². The van der Waals surface area contributed by atoms with Crippen molar-refractivity contribution >= 4 is 5.97 Å². The molecule has 0 saturated heterocycles. The highest BCUT2D eigenvalue weighted by atomic mass is 16.5. The van der Waals surface area contributed by atoms with E-state index in [4.69, 9.17) is 4.74 Å². The third kappa shape index (κ3) is 4.21. The van der Waals surface area contributed by atoms with Gasteiger partial charge in [0, 0.05) is 12.1 Å². The van der Waals surface area contributed by atoms with Crippen LogP contribution in [-0.2, 0) is 22.5 Å². The van der Waals surface area contributed by atoms with Crippen LogP contribution >= 0.6 is 0 Å². The van der Waals surface area contributed by atoms with Gasteiger partial charge in [-0.25, -0.2) is 4.79 Å². The lowest BCUT2D eigenvalue weighted by molar-refractivity contribution is -0.686. The molecule has 0 amide bonds. The lowest BCUT2D eigenvalue weighted by atomic mass is 10.1. The largest absolute Gasteiger partial charge is 0.461 e. The Morgan fingerprint density at radius 1 is 1.05 bits per heavy atom. The molecule has 0 bridgehead atoms. The Hall–Kier alpha value is -2.16. The summed E-state index contributed by atoms with van der Waals surface area (Å²) in [5.74, 6) is -0.205. The highest BCUT2D eigenvalue weighted by molar-refractivity contribution is 5.67. The third-order valence-electron chi connectivity index (χ3n) is 2.83. The zero-order valence-corrected chi connectivity index (χ0v) is 11.1. The van der Waals surface area contributed by atoms with Gasteiger partial charge >= 0.3 is 5.97 Å². The molecule has 1 aromatic heterocycles. The molecular formula is C16H18NO2+. The number of carbonyl (C=O) groups is 1. The van der Waals surface area contributed by atoms with Gasteiger partial charge in [-0.15, -0.1) is 0 Å². The Morgan fingerprint density at radius 2 is 1.68 bits per heavy atom. The summed E-state index contributed by atoms with van der Waals surface area (Å²) in [4.78, 5) is 11.3. The molecule has 0 atom stereocenters. The van der Waals surface area contributed by atoms with E-state index in [9.17, 15) is 4.79 Å². The Bertz CT molecular complexity index is 520. The van der Waals surface area contributed by atoms with Crippen molar-refractivity contribution in [2.75, 3.05) is 6.61 Å². The van der Waals surface area contributed by atoms with E-state index < -0.39 is 0 Å². The molecule has 3 heteroatoms. The maximum atomic E-state index is 11.3. The quantitative estimate of drug-likeness (QED) is 0.606. The van der Waals surface area contributed by atoms with Crippen LogP contribution < -0.4 is 4.57 Å². The van der Waals surface area contributed by atoms with E-state index in [0.717, 1.165) is 6.42 Å². The monoisotopic (exact) mass is 256 g/mol. The average molecular weight is 256 g/mol. The van der Waals surface area contributed by atoms with Crippen LogP contribution in [0.4, 0.5) is 0 Å². The van der Waals surface area contributed by atoms with E-state index in [-0.39, 0.29) is 12.5 Å². The standard InChI is InChI=1S/C16H18NO2/c1-2-19-16(18)13-17-10-8-15(9-11-17)12-14-6-4-3-5-7-14/h3-11H,2,12-13H2,1H3/q+1. The number of esters is 1. The van der Waals surface area contributed by atoms with Gasteiger partial charge in [0.15, 0.2) is 12.4 Å². The zero-order valence-electron chi connectivity index (χ0n) is 11.1. The van der Waals surface area contributed by atoms with Gasteiger partial charge in [-0.3, -0.25) is 0 Å². The molecule has 0 radical (unpaired) electrons. The van der Waals surface area contributed by atoms with Gasteiger partial charge in [0.1, 0.15) is 0 Å². The number of carbonyl (C=O) groups excluding carboxylic acids is 1. The summed E-state index contributed by atoms with van der Waals surface area (Å²) in [5, 5.41) is 0. The maximum Gasteiger partial charge on any atom is 0.372 e. The van der Waals surface area contributed by atoms with Crippen molar-refractivity contribution in [3.8, 4) is 0 Å². The molecule has 0 spiro atoms. The Kier molecular flexibility index (Phi) is 4.67. The molecule has 3 nitrogen and oxygen atoms in total. The first kappa shape index (κ1) is 13.3. The second-order valence-corrected chi connectivity index (χ2v) is 4.35. The van der Waals surface area contributed by atoms with Gasteiger partial charge in [0.2, 0.25) is 6.54 Å². The topological polar surface area (TPSA) is 30.2 Å². The predicted molar refractivity (Wildman–Crippen MR) is 72.5 cm³/mol. The number of benzene rings is 1. The van der Waals surface area contributed by atoms with Gasteiger partial charge in [-0.2, -0.15) is 4.57 Å². The molecule has 0 aliphatic carbocycles. The van der Waals surface area contributed by atoms with E-state index in [2.05, 4.69) is 12.1 Å². The number of nitrogens with zero attached hydrogens (tertiary/aromatic N) is 1. The van der Waals surface area contributed by atoms with E-state index >= 15 is 0 Å². The van der Waals surface area contributed by atoms with Gasteiger partial charge in [-0.05, 0) is 24.5 Å². The summed E-state index contributed by atoms with van der Waals surface area (Å²) < 4.78 is 6.74. The first-order valence-electron chi connectivity index (χ1n) is 6.45. The fourth-order valence-corrected chi connectivity index (χ4v) is 1.90. The number of hydrogen-bond donors (Lipinski definition) is 0. The predicted octanol–water partition coefficient (Wildman–Crippen LogP) is 2.13. The lowest BCUT2D eigenvalue weighted by Crippen LogP contribution is -2.37. The molecule has 0 N–H and O–H groups in total. The summed E-state index contributed by atoms with van der Waals surface area (Å²) in [5.41, 5.74) is 2.51. The molecule has 98 valence electrons. The fourth-order valence-electron chi connectivity index (χ4n) is 1.90. The molecule has 0 unspecified atom stereocenters. The molecule has 19 heavy (non-hydrogen) atoms. The smallest absolute Gasteiger partial charge is 0.372 e. The van der Waals surface area contributed by atoms with Crippen molar-refractivity contribution in [2.24, 2.45) is 0 Å². The van der Waals surface area contributed by atoms with Gasteiger partial charge < -0.3 is 4.74 Å². The van der Waals surface area contributed by atoms with E-state index in [0.29, 0.717) is 6.61 Å². The van der Waals surface area contributed by atoms with Crippen molar-refractivity contribution in [3.63, 3.8) is 0 Å². The Balaban J connectivity index is 1.97. The second kappa shape index (κ2) is 6.69. The highest BCUT2D eigenvalue weighted by Crippen LogP contribution is 2.07. The number of aromatic nitrogens is 1. The van der Waals surface area contributed by atoms with E-state index in [1.54, 1.807) is 0 Å². The highest BCUT2D eigenvalue weighted by Gasteiger charge is 2.09. The molecule has 1 aromatic carbocycles. The average Bonchev–Trinajstić information content (AvgIpc) is 2.42. The van der Waals surface area contributed by atoms with Crippen LogP contribution in [0.15, 0.2) is 54.9 Å². The normalized spacial score (nSPS) is 10.2. The number of pyridine rings is 1. The Morgan fingerprint density at radius 3 is 2.32 bits per heavy atom. The van der Waals surface area contributed by atoms with Crippen molar-refractivity contribution in [2.45, 2.75) is 19.9 Å². The number of ether oxygens (including phenoxy) is 1. The van der Waals surface area contributed by atoms with Crippen molar-refractivity contribution < 1.29 is 14.1 Å². The summed E-state index contributed by atoms with van der Waals surface area (Å²) >= 11 is 0. The van der Waals surface area contributed by atoms with Crippen LogP contribution in [0, 0.1) is 0 Å². The molecule has 2 rings (SSSR count). The summed E-state index contributed by atoms with van der Waals surface area (Å²) in [7, 11) is 0. The lowest BCUT2D eigenvalue weighted by Gasteiger charge is -2.01. The number of rotatable bonds is 5. The SMILES string of the molecule is CCOC(=O)C[n+]1ccc(Cc2ccccc2)cc1. The van der Waals surface area contributed by atoms with Crippen molar-refractivity contribution in [3.05, 3.63) is 66.0 Å². The third-order valence-corrected chi connectivity index (χ3v) is 2.83. The van der Waals surface area contributed by atoms with Crippen molar-refractivity contribution in [1.29, 1.82) is 0 Å². The molecule has 2 aromatic rings. The maximum absolute atomic E-state index is 11.3. The zero-order chi connectivity index (χ0) is 13.5. The van der Waals surface area contributed by atoms with Crippen LogP contribution in [0.25, 0.3) is 0 Å². The minimum atomic E-state index is -0.205. The molecule has 0 fully saturated rings. The summed E-state index contributed by atoms with van der Waals surface area (Å²) in [6, 6.07) is 14.4. The molecular weight excluding hydrogens is 238 g/mol. The second-order valence-electron chi connectivity index (χ2n) is 4.35. The summed E-state index contributed by atoms with van der Waals surface area (Å²) in [6.07, 6.45) is 4.73. The number of hydrogen-bond acceptors (Lipinski definition) is 2. The Labute approximate surface area is 113 Å². The molecule has 1 heterocycles. The summed E-state index contributed by atoms with van der Waals surface area (Å²) in [6.45, 7) is 2.50. The van der Waals surface area contributed by atoms with Gasteiger partial charge in [-0.1, -0.05) is 30.3 Å². The van der Waals surface area contributed by atoms with Crippen LogP contribution in [0.3, 0.4) is 0 Å².